The first kappa shape index (κ1) is 24.9. The molecule has 1 N–H and O–H groups in total. The van der Waals surface area contributed by atoms with Crippen LogP contribution in [0.5, 0.6) is 11.5 Å². The number of benzene rings is 4. The summed E-state index contributed by atoms with van der Waals surface area (Å²) in [6.45, 7) is 0. The maximum atomic E-state index is 12.6. The summed E-state index contributed by atoms with van der Waals surface area (Å²) < 4.78 is 35.4. The van der Waals surface area contributed by atoms with E-state index in [1.165, 1.54) is 18.2 Å². The SMILES string of the molecule is Cn1cc(/C=C/C(=O)NS(=O)(=O)c2ccc(Cl)c(Cl)c2)c2c(Oc3ccc4ccccc4c3)cccc21. The van der Waals surface area contributed by atoms with Crippen molar-refractivity contribution in [2.75, 3.05) is 0 Å². The fourth-order valence-corrected chi connectivity index (χ4v) is 5.38. The van der Waals surface area contributed by atoms with Gasteiger partial charge in [-0.25, -0.2) is 13.1 Å². The van der Waals surface area contributed by atoms with Crippen molar-refractivity contribution >= 4 is 66.9 Å². The van der Waals surface area contributed by atoms with Crippen LogP contribution >= 0.6 is 23.2 Å². The monoisotopic (exact) mass is 550 g/mol. The molecule has 0 aliphatic rings. The second-order valence-electron chi connectivity index (χ2n) is 8.34. The quantitative estimate of drug-likeness (QED) is 0.232. The first-order valence-corrected chi connectivity index (χ1v) is 13.4. The van der Waals surface area contributed by atoms with Gasteiger partial charge in [-0.15, -0.1) is 0 Å². The van der Waals surface area contributed by atoms with Gasteiger partial charge in [0.2, 0.25) is 0 Å². The highest BCUT2D eigenvalue weighted by atomic mass is 35.5. The van der Waals surface area contributed by atoms with E-state index in [2.05, 4.69) is 0 Å². The molecule has 5 rings (SSSR count). The van der Waals surface area contributed by atoms with Gasteiger partial charge in [-0.1, -0.05) is 59.6 Å². The number of aromatic nitrogens is 1. The number of hydrogen-bond donors (Lipinski definition) is 1. The fourth-order valence-electron chi connectivity index (χ4n) is 4.05. The topological polar surface area (TPSA) is 77.4 Å². The number of carbonyl (C=O) groups excluding carboxylic acids is 1. The van der Waals surface area contributed by atoms with Gasteiger partial charge in [0.1, 0.15) is 11.5 Å². The van der Waals surface area contributed by atoms with Crippen LogP contribution in [0.3, 0.4) is 0 Å². The van der Waals surface area contributed by atoms with Crippen molar-refractivity contribution < 1.29 is 17.9 Å². The summed E-state index contributed by atoms with van der Waals surface area (Å²) in [5.41, 5.74) is 1.58. The molecule has 0 spiro atoms. The van der Waals surface area contributed by atoms with E-state index >= 15 is 0 Å². The second kappa shape index (κ2) is 9.94. The molecule has 0 unspecified atom stereocenters. The van der Waals surface area contributed by atoms with Crippen molar-refractivity contribution in [2.45, 2.75) is 4.90 Å². The van der Waals surface area contributed by atoms with Gasteiger partial charge in [0.15, 0.2) is 0 Å². The number of nitrogens with zero attached hydrogens (tertiary/aromatic N) is 1. The van der Waals surface area contributed by atoms with E-state index in [1.54, 1.807) is 6.08 Å². The molecule has 4 aromatic carbocycles. The molecule has 1 heterocycles. The number of rotatable bonds is 6. The van der Waals surface area contributed by atoms with Gasteiger partial charge in [0, 0.05) is 30.3 Å². The lowest BCUT2D eigenvalue weighted by atomic mass is 10.1. The minimum atomic E-state index is -4.13. The van der Waals surface area contributed by atoms with Crippen LogP contribution in [-0.2, 0) is 21.9 Å². The molecule has 0 bridgehead atoms. The van der Waals surface area contributed by atoms with E-state index in [4.69, 9.17) is 27.9 Å². The van der Waals surface area contributed by atoms with E-state index in [1.807, 2.05) is 83.2 Å². The summed E-state index contributed by atoms with van der Waals surface area (Å²) in [5, 5.41) is 3.24. The van der Waals surface area contributed by atoms with Crippen LogP contribution in [0.1, 0.15) is 5.56 Å². The van der Waals surface area contributed by atoms with Crippen LogP contribution in [0, 0.1) is 0 Å². The number of aryl methyl sites for hydroxylation is 1. The minimum absolute atomic E-state index is 0.0715. The number of fused-ring (bicyclic) bond motifs is 2. The Morgan fingerprint density at radius 1 is 0.919 bits per heavy atom. The highest BCUT2D eigenvalue weighted by Gasteiger charge is 2.18. The van der Waals surface area contributed by atoms with Gasteiger partial charge in [-0.3, -0.25) is 4.79 Å². The van der Waals surface area contributed by atoms with Crippen LogP contribution in [0.15, 0.2) is 96.0 Å². The molecular weight excluding hydrogens is 531 g/mol. The van der Waals surface area contributed by atoms with E-state index < -0.39 is 15.9 Å². The zero-order valence-corrected chi connectivity index (χ0v) is 21.8. The Balaban J connectivity index is 1.43. The van der Waals surface area contributed by atoms with E-state index in [0.29, 0.717) is 17.1 Å². The van der Waals surface area contributed by atoms with Crippen molar-refractivity contribution in [3.8, 4) is 11.5 Å². The molecule has 186 valence electrons. The van der Waals surface area contributed by atoms with E-state index in [-0.39, 0.29) is 14.9 Å². The molecule has 5 aromatic rings. The Hall–Kier alpha value is -3.78. The van der Waals surface area contributed by atoms with Crippen molar-refractivity contribution in [3.63, 3.8) is 0 Å². The molecular formula is C28H20Cl2N2O4S. The third kappa shape index (κ3) is 5.20. The van der Waals surface area contributed by atoms with Gasteiger partial charge < -0.3 is 9.30 Å². The molecule has 0 radical (unpaired) electrons. The first-order valence-electron chi connectivity index (χ1n) is 11.2. The lowest BCUT2D eigenvalue weighted by molar-refractivity contribution is -0.114. The van der Waals surface area contributed by atoms with Gasteiger partial charge in [0.25, 0.3) is 15.9 Å². The summed E-state index contributed by atoms with van der Waals surface area (Å²) >= 11 is 11.8. The summed E-state index contributed by atoms with van der Waals surface area (Å²) in [6.07, 6.45) is 4.56. The Morgan fingerprint density at radius 2 is 1.70 bits per heavy atom. The van der Waals surface area contributed by atoms with Crippen LogP contribution in [0.25, 0.3) is 27.8 Å². The number of carbonyl (C=O) groups is 1. The molecule has 6 nitrogen and oxygen atoms in total. The Bertz CT molecular complexity index is 1810. The molecule has 0 aliphatic heterocycles. The Labute approximate surface area is 223 Å². The normalized spacial score (nSPS) is 11.9. The molecule has 37 heavy (non-hydrogen) atoms. The lowest BCUT2D eigenvalue weighted by Crippen LogP contribution is -2.28. The van der Waals surface area contributed by atoms with Gasteiger partial charge >= 0.3 is 0 Å². The van der Waals surface area contributed by atoms with Crippen LogP contribution in [-0.4, -0.2) is 18.9 Å². The third-order valence-corrected chi connectivity index (χ3v) is 7.89. The van der Waals surface area contributed by atoms with Crippen molar-refractivity contribution in [3.05, 3.63) is 107 Å². The summed E-state index contributed by atoms with van der Waals surface area (Å²) in [5.74, 6) is 0.475. The number of amides is 1. The number of ether oxygens (including phenoxy) is 1. The molecule has 0 saturated carbocycles. The Morgan fingerprint density at radius 3 is 2.49 bits per heavy atom. The van der Waals surface area contributed by atoms with Crippen LogP contribution < -0.4 is 9.46 Å². The molecule has 0 atom stereocenters. The van der Waals surface area contributed by atoms with Crippen molar-refractivity contribution in [1.29, 1.82) is 0 Å². The zero-order valence-electron chi connectivity index (χ0n) is 19.5. The predicted molar refractivity (Wildman–Crippen MR) is 148 cm³/mol. The standard InChI is InChI=1S/C28H20Cl2N2O4S/c1-32-17-20(10-14-27(33)31-37(34,35)22-12-13-23(29)24(30)16-22)28-25(32)7-4-8-26(28)36-21-11-9-18-5-2-3-6-19(18)15-21/h2-17H,1H3,(H,31,33)/b14-10+. The van der Waals surface area contributed by atoms with Crippen molar-refractivity contribution in [2.24, 2.45) is 7.05 Å². The smallest absolute Gasteiger partial charge is 0.264 e. The maximum Gasteiger partial charge on any atom is 0.264 e. The molecule has 1 aromatic heterocycles. The Kier molecular flexibility index (Phi) is 6.69. The van der Waals surface area contributed by atoms with E-state index in [9.17, 15) is 13.2 Å². The van der Waals surface area contributed by atoms with Gasteiger partial charge in [-0.05, 0) is 59.3 Å². The third-order valence-electron chi connectivity index (χ3n) is 5.80. The summed E-state index contributed by atoms with van der Waals surface area (Å²) in [6, 6.07) is 23.4. The predicted octanol–water partition coefficient (Wildman–Crippen LogP) is 6.95. The highest BCUT2D eigenvalue weighted by Crippen LogP contribution is 2.35. The summed E-state index contributed by atoms with van der Waals surface area (Å²) in [4.78, 5) is 12.4. The average molecular weight is 551 g/mol. The van der Waals surface area contributed by atoms with Crippen LogP contribution in [0.4, 0.5) is 0 Å². The number of hydrogen-bond acceptors (Lipinski definition) is 4. The number of nitrogens with one attached hydrogen (secondary N) is 1. The number of sulfonamides is 1. The second-order valence-corrected chi connectivity index (χ2v) is 10.8. The van der Waals surface area contributed by atoms with E-state index in [0.717, 1.165) is 27.8 Å². The average Bonchev–Trinajstić information content (AvgIpc) is 3.20. The first-order chi connectivity index (χ1) is 17.7. The largest absolute Gasteiger partial charge is 0.457 e. The maximum absolute atomic E-state index is 12.6. The molecule has 1 amide bonds. The number of halogens is 2. The zero-order chi connectivity index (χ0) is 26.2. The summed E-state index contributed by atoms with van der Waals surface area (Å²) in [7, 11) is -2.25. The molecule has 0 saturated heterocycles. The highest BCUT2D eigenvalue weighted by molar-refractivity contribution is 7.90. The fraction of sp³-hybridized carbons (Fsp3) is 0.0357. The van der Waals surface area contributed by atoms with Gasteiger partial charge in [-0.2, -0.15) is 0 Å². The molecule has 9 heteroatoms. The van der Waals surface area contributed by atoms with Crippen LogP contribution in [0.2, 0.25) is 10.0 Å². The van der Waals surface area contributed by atoms with Gasteiger partial charge in [0.05, 0.1) is 20.5 Å². The molecule has 0 fully saturated rings. The van der Waals surface area contributed by atoms with Crippen molar-refractivity contribution in [1.82, 2.24) is 9.29 Å². The molecule has 0 aliphatic carbocycles. The minimum Gasteiger partial charge on any atom is -0.457 e. The lowest BCUT2D eigenvalue weighted by Gasteiger charge is -2.09.